The maximum atomic E-state index is 6.28. The fourth-order valence-corrected chi connectivity index (χ4v) is 3.35. The Bertz CT molecular complexity index is 693. The number of nitrogens with zero attached hydrogens (tertiary/aromatic N) is 1. The van der Waals surface area contributed by atoms with Gasteiger partial charge in [-0.3, -0.25) is 0 Å². The third kappa shape index (κ3) is 3.17. The first kappa shape index (κ1) is 15.5. The lowest BCUT2D eigenvalue weighted by Crippen LogP contribution is -2.20. The van der Waals surface area contributed by atoms with E-state index in [0.717, 1.165) is 11.0 Å². The maximum absolute atomic E-state index is 6.28. The Morgan fingerprint density at radius 2 is 1.68 bits per heavy atom. The number of ether oxygens (including phenoxy) is 1. The normalized spacial score (nSPS) is 16.7. The molecule has 0 saturated heterocycles. The first-order valence-corrected chi connectivity index (χ1v) is 8.28. The molecular weight excluding hydrogens is 338 g/mol. The van der Waals surface area contributed by atoms with Gasteiger partial charge in [-0.05, 0) is 42.4 Å². The summed E-state index contributed by atoms with van der Waals surface area (Å²) >= 11 is 3.72. The van der Waals surface area contributed by atoms with Gasteiger partial charge in [-0.2, -0.15) is 0 Å². The molecule has 1 atom stereocenters. The third-order valence-corrected chi connectivity index (χ3v) is 4.54. The SMILES string of the molecule is CN(C)CCOC1c2ccccc2C=C(Br)c2ccccc21. The summed E-state index contributed by atoms with van der Waals surface area (Å²) in [5.74, 6) is 0. The Balaban J connectivity index is 2.04. The molecule has 0 N–H and O–H groups in total. The molecule has 3 heteroatoms. The van der Waals surface area contributed by atoms with Gasteiger partial charge in [-0.15, -0.1) is 0 Å². The van der Waals surface area contributed by atoms with Gasteiger partial charge < -0.3 is 9.64 Å². The van der Waals surface area contributed by atoms with Crippen molar-refractivity contribution in [1.29, 1.82) is 0 Å². The zero-order chi connectivity index (χ0) is 15.5. The van der Waals surface area contributed by atoms with E-state index in [2.05, 4.69) is 89.5 Å². The molecule has 0 aromatic heterocycles. The predicted molar refractivity (Wildman–Crippen MR) is 96.0 cm³/mol. The number of benzene rings is 2. The second-order valence-electron chi connectivity index (χ2n) is 5.76. The van der Waals surface area contributed by atoms with Gasteiger partial charge in [0.1, 0.15) is 6.10 Å². The third-order valence-electron chi connectivity index (χ3n) is 3.88. The molecule has 0 amide bonds. The summed E-state index contributed by atoms with van der Waals surface area (Å²) in [5.41, 5.74) is 4.85. The zero-order valence-corrected chi connectivity index (χ0v) is 14.5. The molecule has 0 aliphatic heterocycles. The summed E-state index contributed by atoms with van der Waals surface area (Å²) in [6, 6.07) is 16.9. The summed E-state index contributed by atoms with van der Waals surface area (Å²) in [4.78, 5) is 2.14. The van der Waals surface area contributed by atoms with Crippen molar-refractivity contribution in [3.63, 3.8) is 0 Å². The van der Waals surface area contributed by atoms with Crippen molar-refractivity contribution < 1.29 is 4.74 Å². The van der Waals surface area contributed by atoms with Crippen molar-refractivity contribution in [2.75, 3.05) is 27.2 Å². The molecule has 0 saturated carbocycles. The number of hydrogen-bond acceptors (Lipinski definition) is 2. The van der Waals surface area contributed by atoms with Crippen LogP contribution in [0.5, 0.6) is 0 Å². The van der Waals surface area contributed by atoms with Gasteiger partial charge in [0.2, 0.25) is 0 Å². The molecule has 1 unspecified atom stereocenters. The highest BCUT2D eigenvalue weighted by molar-refractivity contribution is 9.15. The van der Waals surface area contributed by atoms with Crippen molar-refractivity contribution in [1.82, 2.24) is 4.90 Å². The summed E-state index contributed by atoms with van der Waals surface area (Å²) in [6.07, 6.45) is 2.15. The standard InChI is InChI=1S/C19H20BrNO/c1-21(2)11-12-22-19-15-8-4-3-7-14(15)13-18(20)16-9-5-6-10-17(16)19/h3-10,13,19H,11-12H2,1-2H3. The molecule has 2 aromatic carbocycles. The van der Waals surface area contributed by atoms with E-state index in [9.17, 15) is 0 Å². The van der Waals surface area contributed by atoms with Crippen LogP contribution in [-0.4, -0.2) is 32.1 Å². The predicted octanol–water partition coefficient (Wildman–Crippen LogP) is 4.56. The highest BCUT2D eigenvalue weighted by Crippen LogP contribution is 2.40. The minimum Gasteiger partial charge on any atom is -0.367 e. The quantitative estimate of drug-likeness (QED) is 0.795. The Morgan fingerprint density at radius 1 is 1.00 bits per heavy atom. The van der Waals surface area contributed by atoms with Crippen LogP contribution in [0.3, 0.4) is 0 Å². The van der Waals surface area contributed by atoms with Crippen LogP contribution in [0.4, 0.5) is 0 Å². The van der Waals surface area contributed by atoms with Gasteiger partial charge in [-0.1, -0.05) is 64.5 Å². The first-order valence-electron chi connectivity index (χ1n) is 7.48. The van der Waals surface area contributed by atoms with Crippen molar-refractivity contribution in [2.24, 2.45) is 0 Å². The molecule has 2 nitrogen and oxygen atoms in total. The molecule has 0 fully saturated rings. The molecule has 0 heterocycles. The lowest BCUT2D eigenvalue weighted by molar-refractivity contribution is 0.0686. The smallest absolute Gasteiger partial charge is 0.109 e. The monoisotopic (exact) mass is 357 g/mol. The summed E-state index contributed by atoms with van der Waals surface area (Å²) in [7, 11) is 4.13. The molecule has 3 rings (SSSR count). The van der Waals surface area contributed by atoms with Gasteiger partial charge in [0.15, 0.2) is 0 Å². The number of hydrogen-bond donors (Lipinski definition) is 0. The second-order valence-corrected chi connectivity index (χ2v) is 6.62. The zero-order valence-electron chi connectivity index (χ0n) is 12.9. The maximum Gasteiger partial charge on any atom is 0.109 e. The molecule has 0 radical (unpaired) electrons. The molecule has 114 valence electrons. The minimum absolute atomic E-state index is 0.0290. The van der Waals surface area contributed by atoms with Crippen molar-refractivity contribution in [2.45, 2.75) is 6.10 Å². The van der Waals surface area contributed by atoms with Crippen LogP contribution in [-0.2, 0) is 4.74 Å². The van der Waals surface area contributed by atoms with E-state index in [1.165, 1.54) is 22.3 Å². The number of rotatable bonds is 4. The molecule has 1 aliphatic rings. The van der Waals surface area contributed by atoms with Crippen molar-refractivity contribution >= 4 is 26.5 Å². The van der Waals surface area contributed by atoms with Crippen LogP contribution in [0, 0.1) is 0 Å². The Morgan fingerprint density at radius 3 is 2.45 bits per heavy atom. The van der Waals surface area contributed by atoms with Crippen LogP contribution in [0.1, 0.15) is 28.4 Å². The van der Waals surface area contributed by atoms with Crippen LogP contribution >= 0.6 is 15.9 Å². The average Bonchev–Trinajstić information content (AvgIpc) is 2.63. The van der Waals surface area contributed by atoms with E-state index in [0.29, 0.717) is 6.61 Å². The van der Waals surface area contributed by atoms with E-state index < -0.39 is 0 Å². The highest BCUT2D eigenvalue weighted by Gasteiger charge is 2.24. The van der Waals surface area contributed by atoms with E-state index in [4.69, 9.17) is 4.74 Å². The number of halogens is 1. The Kier molecular flexibility index (Phi) is 4.77. The average molecular weight is 358 g/mol. The van der Waals surface area contributed by atoms with Crippen LogP contribution < -0.4 is 0 Å². The van der Waals surface area contributed by atoms with Crippen LogP contribution in [0.2, 0.25) is 0 Å². The van der Waals surface area contributed by atoms with Gasteiger partial charge in [-0.25, -0.2) is 0 Å². The minimum atomic E-state index is -0.0290. The van der Waals surface area contributed by atoms with Gasteiger partial charge >= 0.3 is 0 Å². The molecule has 1 aliphatic carbocycles. The lowest BCUT2D eigenvalue weighted by Gasteiger charge is -2.22. The van der Waals surface area contributed by atoms with E-state index in [1.54, 1.807) is 0 Å². The largest absolute Gasteiger partial charge is 0.367 e. The van der Waals surface area contributed by atoms with E-state index in [1.807, 2.05) is 0 Å². The van der Waals surface area contributed by atoms with Crippen molar-refractivity contribution in [3.05, 3.63) is 70.8 Å². The van der Waals surface area contributed by atoms with E-state index >= 15 is 0 Å². The Labute approximate surface area is 140 Å². The molecular formula is C19H20BrNO. The second kappa shape index (κ2) is 6.78. The van der Waals surface area contributed by atoms with E-state index in [-0.39, 0.29) is 6.10 Å². The number of likely N-dealkylation sites (N-methyl/N-ethyl adjacent to an activating group) is 1. The first-order chi connectivity index (χ1) is 10.7. The van der Waals surface area contributed by atoms with Gasteiger partial charge in [0.05, 0.1) is 6.61 Å². The Hall–Kier alpha value is -1.42. The fourth-order valence-electron chi connectivity index (χ4n) is 2.74. The molecule has 2 aromatic rings. The summed E-state index contributed by atoms with van der Waals surface area (Å²) in [6.45, 7) is 1.62. The lowest BCUT2D eigenvalue weighted by atomic mass is 9.96. The summed E-state index contributed by atoms with van der Waals surface area (Å²) in [5, 5.41) is 0. The highest BCUT2D eigenvalue weighted by atomic mass is 79.9. The number of fused-ring (bicyclic) bond motifs is 2. The van der Waals surface area contributed by atoms with Gasteiger partial charge in [0.25, 0.3) is 0 Å². The molecule has 22 heavy (non-hydrogen) atoms. The van der Waals surface area contributed by atoms with Gasteiger partial charge in [0, 0.05) is 11.0 Å². The topological polar surface area (TPSA) is 12.5 Å². The van der Waals surface area contributed by atoms with Crippen molar-refractivity contribution in [3.8, 4) is 0 Å². The molecule has 0 spiro atoms. The fraction of sp³-hybridized carbons (Fsp3) is 0.263. The summed E-state index contributed by atoms with van der Waals surface area (Å²) < 4.78 is 7.39. The molecule has 0 bridgehead atoms. The van der Waals surface area contributed by atoms with Crippen LogP contribution in [0.25, 0.3) is 10.6 Å². The van der Waals surface area contributed by atoms with Crippen LogP contribution in [0.15, 0.2) is 48.5 Å².